The summed E-state index contributed by atoms with van der Waals surface area (Å²) in [5, 5.41) is 3.62. The van der Waals surface area contributed by atoms with Crippen molar-refractivity contribution < 1.29 is 0 Å². The first-order valence-electron chi connectivity index (χ1n) is 8.69. The summed E-state index contributed by atoms with van der Waals surface area (Å²) in [7, 11) is 2.39. The normalized spacial score (nSPS) is 40.9. The van der Waals surface area contributed by atoms with Crippen LogP contribution in [-0.4, -0.2) is 37.6 Å². The highest BCUT2D eigenvalue weighted by Crippen LogP contribution is 2.48. The molecule has 0 aromatic rings. The van der Waals surface area contributed by atoms with Gasteiger partial charge in [0.25, 0.3) is 0 Å². The highest BCUT2D eigenvalue weighted by molar-refractivity contribution is 4.94. The van der Waals surface area contributed by atoms with Crippen molar-refractivity contribution in [3.8, 4) is 0 Å². The van der Waals surface area contributed by atoms with Gasteiger partial charge in [0.15, 0.2) is 0 Å². The van der Waals surface area contributed by atoms with Crippen molar-refractivity contribution in [1.82, 2.24) is 10.2 Å². The first kappa shape index (κ1) is 13.9. The Morgan fingerprint density at radius 2 is 1.95 bits per heavy atom. The fourth-order valence-electron chi connectivity index (χ4n) is 4.94. The lowest BCUT2D eigenvalue weighted by atomic mass is 9.77. The number of hydrogen-bond acceptors (Lipinski definition) is 2. The molecule has 0 saturated heterocycles. The molecule has 0 aromatic heterocycles. The largest absolute Gasteiger partial charge is 0.316 e. The molecule has 3 saturated carbocycles. The number of hydrogen-bond donors (Lipinski definition) is 1. The number of rotatable bonds is 7. The summed E-state index contributed by atoms with van der Waals surface area (Å²) in [5.74, 6) is 4.15. The van der Waals surface area contributed by atoms with Crippen LogP contribution in [0.1, 0.15) is 51.9 Å². The van der Waals surface area contributed by atoms with E-state index < -0.39 is 0 Å². The van der Waals surface area contributed by atoms with Crippen molar-refractivity contribution in [2.75, 3.05) is 26.7 Å². The lowest BCUT2D eigenvalue weighted by molar-refractivity contribution is 0.0623. The average molecular weight is 264 g/mol. The molecule has 3 fully saturated rings. The summed E-state index contributed by atoms with van der Waals surface area (Å²) in [6.07, 6.45) is 10.3. The molecule has 110 valence electrons. The molecule has 2 bridgehead atoms. The predicted octanol–water partition coefficient (Wildman–Crippen LogP) is 3.13. The van der Waals surface area contributed by atoms with E-state index in [1.54, 1.807) is 12.8 Å². The fourth-order valence-corrected chi connectivity index (χ4v) is 4.94. The monoisotopic (exact) mass is 264 g/mol. The van der Waals surface area contributed by atoms with E-state index in [0.29, 0.717) is 0 Å². The predicted molar refractivity (Wildman–Crippen MR) is 81.2 cm³/mol. The van der Waals surface area contributed by atoms with Crippen LogP contribution in [0.3, 0.4) is 0 Å². The van der Waals surface area contributed by atoms with Gasteiger partial charge < -0.3 is 10.2 Å². The van der Waals surface area contributed by atoms with Crippen molar-refractivity contribution in [1.29, 1.82) is 0 Å². The molecule has 0 aromatic carbocycles. The minimum atomic E-state index is 0.878. The second kappa shape index (κ2) is 6.13. The standard InChI is InChI=1S/C17H32N2/c1-3-8-18-11-15-6-7-17(15)19(2)12-16-10-13-4-5-14(16)9-13/h13-18H,3-12H2,1-2H3. The molecule has 2 nitrogen and oxygen atoms in total. The van der Waals surface area contributed by atoms with Gasteiger partial charge in [-0.25, -0.2) is 0 Å². The summed E-state index contributed by atoms with van der Waals surface area (Å²) in [5.41, 5.74) is 0. The Bertz CT molecular complexity index is 291. The zero-order chi connectivity index (χ0) is 13.2. The first-order valence-corrected chi connectivity index (χ1v) is 8.69. The molecule has 0 amide bonds. The van der Waals surface area contributed by atoms with Gasteiger partial charge in [0, 0.05) is 12.6 Å². The molecular formula is C17H32N2. The molecule has 1 N–H and O–H groups in total. The van der Waals surface area contributed by atoms with Gasteiger partial charge in [0.2, 0.25) is 0 Å². The number of fused-ring (bicyclic) bond motifs is 2. The van der Waals surface area contributed by atoms with E-state index in [2.05, 4.69) is 24.2 Å². The third-order valence-corrected chi connectivity index (χ3v) is 6.18. The van der Waals surface area contributed by atoms with Crippen LogP contribution in [0.4, 0.5) is 0 Å². The van der Waals surface area contributed by atoms with E-state index in [4.69, 9.17) is 0 Å². The summed E-state index contributed by atoms with van der Waals surface area (Å²) in [6.45, 7) is 6.08. The third kappa shape index (κ3) is 3.00. The molecule has 0 radical (unpaired) electrons. The van der Waals surface area contributed by atoms with Crippen LogP contribution in [0.25, 0.3) is 0 Å². The maximum absolute atomic E-state index is 3.62. The molecule has 0 heterocycles. The van der Waals surface area contributed by atoms with Gasteiger partial charge in [0.1, 0.15) is 0 Å². The zero-order valence-corrected chi connectivity index (χ0v) is 12.9. The molecule has 3 aliphatic carbocycles. The highest BCUT2D eigenvalue weighted by Gasteiger charge is 2.41. The van der Waals surface area contributed by atoms with Gasteiger partial charge in [-0.15, -0.1) is 0 Å². The topological polar surface area (TPSA) is 15.3 Å². The minimum Gasteiger partial charge on any atom is -0.316 e. The summed E-state index contributed by atoms with van der Waals surface area (Å²) >= 11 is 0. The number of nitrogens with zero attached hydrogens (tertiary/aromatic N) is 1. The SMILES string of the molecule is CCCNCC1CCC1N(C)CC1CC2CCC1C2. The molecule has 0 aliphatic heterocycles. The maximum atomic E-state index is 3.62. The highest BCUT2D eigenvalue weighted by atomic mass is 15.2. The minimum absolute atomic E-state index is 0.878. The Morgan fingerprint density at radius 1 is 1.05 bits per heavy atom. The Kier molecular flexibility index (Phi) is 4.48. The molecule has 5 unspecified atom stereocenters. The van der Waals surface area contributed by atoms with Crippen molar-refractivity contribution in [2.24, 2.45) is 23.7 Å². The molecule has 3 aliphatic rings. The maximum Gasteiger partial charge on any atom is 0.0133 e. The lowest BCUT2D eigenvalue weighted by Crippen LogP contribution is -2.50. The van der Waals surface area contributed by atoms with Crippen LogP contribution >= 0.6 is 0 Å². The van der Waals surface area contributed by atoms with E-state index in [1.165, 1.54) is 51.7 Å². The molecule has 3 rings (SSSR count). The van der Waals surface area contributed by atoms with Gasteiger partial charge in [-0.3, -0.25) is 0 Å². The van der Waals surface area contributed by atoms with Crippen molar-refractivity contribution in [2.45, 2.75) is 57.9 Å². The molecule has 2 heteroatoms. The molecule has 19 heavy (non-hydrogen) atoms. The lowest BCUT2D eigenvalue weighted by Gasteiger charge is -2.44. The van der Waals surface area contributed by atoms with E-state index in [1.807, 2.05) is 0 Å². The zero-order valence-electron chi connectivity index (χ0n) is 12.9. The number of nitrogens with one attached hydrogen (secondary N) is 1. The van der Waals surface area contributed by atoms with Crippen LogP contribution in [-0.2, 0) is 0 Å². The summed E-state index contributed by atoms with van der Waals surface area (Å²) < 4.78 is 0. The van der Waals surface area contributed by atoms with Crippen LogP contribution in [0.5, 0.6) is 0 Å². The fraction of sp³-hybridized carbons (Fsp3) is 1.00. The van der Waals surface area contributed by atoms with Gasteiger partial charge in [-0.2, -0.15) is 0 Å². The summed E-state index contributed by atoms with van der Waals surface area (Å²) in [4.78, 5) is 2.72. The van der Waals surface area contributed by atoms with Crippen molar-refractivity contribution >= 4 is 0 Å². The van der Waals surface area contributed by atoms with Gasteiger partial charge in [0.05, 0.1) is 0 Å². The van der Waals surface area contributed by atoms with Gasteiger partial charge in [-0.1, -0.05) is 13.3 Å². The summed E-state index contributed by atoms with van der Waals surface area (Å²) in [6, 6.07) is 0.878. The molecular weight excluding hydrogens is 232 g/mol. The second-order valence-electron chi connectivity index (χ2n) is 7.48. The molecule has 5 atom stereocenters. The Hall–Kier alpha value is -0.0800. The van der Waals surface area contributed by atoms with Crippen molar-refractivity contribution in [3.05, 3.63) is 0 Å². The smallest absolute Gasteiger partial charge is 0.0133 e. The first-order chi connectivity index (χ1) is 9.28. The Labute approximate surface area is 119 Å². The quantitative estimate of drug-likeness (QED) is 0.711. The van der Waals surface area contributed by atoms with E-state index in [-0.39, 0.29) is 0 Å². The van der Waals surface area contributed by atoms with Crippen LogP contribution in [0.15, 0.2) is 0 Å². The average Bonchev–Trinajstić information content (AvgIpc) is 2.95. The van der Waals surface area contributed by atoms with Crippen LogP contribution in [0.2, 0.25) is 0 Å². The second-order valence-corrected chi connectivity index (χ2v) is 7.48. The van der Waals surface area contributed by atoms with Crippen molar-refractivity contribution in [3.63, 3.8) is 0 Å². The molecule has 0 spiro atoms. The Balaban J connectivity index is 1.41. The third-order valence-electron chi connectivity index (χ3n) is 6.18. The van der Waals surface area contributed by atoms with E-state index in [9.17, 15) is 0 Å². The van der Waals surface area contributed by atoms with Crippen LogP contribution in [0, 0.1) is 23.7 Å². The van der Waals surface area contributed by atoms with Gasteiger partial charge in [-0.05, 0) is 82.3 Å². The van der Waals surface area contributed by atoms with E-state index in [0.717, 1.165) is 29.7 Å². The van der Waals surface area contributed by atoms with E-state index >= 15 is 0 Å². The Morgan fingerprint density at radius 3 is 2.53 bits per heavy atom. The van der Waals surface area contributed by atoms with Crippen LogP contribution < -0.4 is 5.32 Å². The van der Waals surface area contributed by atoms with Gasteiger partial charge >= 0.3 is 0 Å².